The summed E-state index contributed by atoms with van der Waals surface area (Å²) in [5.41, 5.74) is 0.620. The number of anilines is 1. The minimum Gasteiger partial charge on any atom is -0.482 e. The number of fused-ring (bicyclic) bond motifs is 1. The van der Waals surface area contributed by atoms with E-state index in [9.17, 15) is 14.4 Å². The second-order valence-electron chi connectivity index (χ2n) is 6.94. The van der Waals surface area contributed by atoms with Crippen LogP contribution in [0.25, 0.3) is 0 Å². The van der Waals surface area contributed by atoms with Crippen molar-refractivity contribution >= 4 is 23.4 Å². The number of hydrogen-bond donors (Lipinski definition) is 0. The zero-order valence-electron chi connectivity index (χ0n) is 15.1. The van der Waals surface area contributed by atoms with Crippen LogP contribution in [0.3, 0.4) is 0 Å². The molecule has 2 fully saturated rings. The Bertz CT molecular complexity index is 739. The molecule has 3 amide bonds. The first-order chi connectivity index (χ1) is 13.1. The summed E-state index contributed by atoms with van der Waals surface area (Å²) >= 11 is 0. The Morgan fingerprint density at radius 1 is 1.07 bits per heavy atom. The Morgan fingerprint density at radius 2 is 1.81 bits per heavy atom. The first kappa shape index (κ1) is 17.8. The first-order valence-electron chi connectivity index (χ1n) is 9.34. The highest BCUT2D eigenvalue weighted by Crippen LogP contribution is 2.31. The van der Waals surface area contributed by atoms with Crippen molar-refractivity contribution in [1.82, 2.24) is 9.80 Å². The van der Waals surface area contributed by atoms with E-state index in [1.54, 1.807) is 21.9 Å². The third kappa shape index (κ3) is 3.62. The molecule has 0 saturated carbocycles. The average molecular weight is 373 g/mol. The maximum absolute atomic E-state index is 12.7. The van der Waals surface area contributed by atoms with Gasteiger partial charge in [0.25, 0.3) is 11.8 Å². The van der Waals surface area contributed by atoms with Gasteiger partial charge in [0.05, 0.1) is 5.69 Å². The van der Waals surface area contributed by atoms with Crippen molar-refractivity contribution in [3.63, 3.8) is 0 Å². The summed E-state index contributed by atoms with van der Waals surface area (Å²) in [6.07, 6.45) is 1.37. The predicted octanol–water partition coefficient (Wildman–Crippen LogP) is 0.262. The number of benzene rings is 1. The second kappa shape index (κ2) is 7.56. The SMILES string of the molecule is O=C(CN1C(=O)COc2ccccc21)N1CCN(C(=O)C2CCCO2)CC1. The molecular formula is C19H23N3O5. The van der Waals surface area contributed by atoms with Gasteiger partial charge in [-0.25, -0.2) is 0 Å². The third-order valence-electron chi connectivity index (χ3n) is 5.25. The van der Waals surface area contributed by atoms with Gasteiger partial charge >= 0.3 is 0 Å². The molecule has 1 atom stereocenters. The number of nitrogens with zero attached hydrogens (tertiary/aromatic N) is 3. The van der Waals surface area contributed by atoms with Crippen LogP contribution in [0.15, 0.2) is 24.3 Å². The molecule has 8 heteroatoms. The summed E-state index contributed by atoms with van der Waals surface area (Å²) in [5, 5.41) is 0. The minimum absolute atomic E-state index is 0.0150. The van der Waals surface area contributed by atoms with Gasteiger partial charge in [0, 0.05) is 32.8 Å². The zero-order chi connectivity index (χ0) is 18.8. The number of amides is 3. The van der Waals surface area contributed by atoms with E-state index >= 15 is 0 Å². The number of rotatable bonds is 3. The van der Waals surface area contributed by atoms with Crippen molar-refractivity contribution in [2.45, 2.75) is 18.9 Å². The molecule has 8 nitrogen and oxygen atoms in total. The zero-order valence-corrected chi connectivity index (χ0v) is 15.1. The van der Waals surface area contributed by atoms with Gasteiger partial charge in [0.2, 0.25) is 5.91 Å². The average Bonchev–Trinajstić information content (AvgIpc) is 3.24. The van der Waals surface area contributed by atoms with E-state index in [1.807, 2.05) is 12.1 Å². The minimum atomic E-state index is -0.324. The summed E-state index contributed by atoms with van der Waals surface area (Å²) in [6.45, 7) is 2.50. The topological polar surface area (TPSA) is 79.4 Å². The van der Waals surface area contributed by atoms with Crippen molar-refractivity contribution in [2.75, 3.05) is 50.8 Å². The molecule has 1 aromatic carbocycles. The second-order valence-corrected chi connectivity index (χ2v) is 6.94. The van der Waals surface area contributed by atoms with Gasteiger partial charge in [-0.2, -0.15) is 0 Å². The monoisotopic (exact) mass is 373 g/mol. The normalized spacial score (nSPS) is 22.4. The van der Waals surface area contributed by atoms with Crippen molar-refractivity contribution in [3.8, 4) is 5.75 Å². The van der Waals surface area contributed by atoms with E-state index in [-0.39, 0.29) is 37.0 Å². The number of hydrogen-bond acceptors (Lipinski definition) is 5. The molecule has 144 valence electrons. The van der Waals surface area contributed by atoms with Crippen LogP contribution in [0.1, 0.15) is 12.8 Å². The van der Waals surface area contributed by atoms with Gasteiger partial charge in [-0.05, 0) is 25.0 Å². The maximum atomic E-state index is 12.7. The molecule has 1 unspecified atom stereocenters. The van der Waals surface area contributed by atoms with Crippen LogP contribution >= 0.6 is 0 Å². The van der Waals surface area contributed by atoms with E-state index in [0.29, 0.717) is 44.2 Å². The fraction of sp³-hybridized carbons (Fsp3) is 0.526. The van der Waals surface area contributed by atoms with Crippen LogP contribution in [0.2, 0.25) is 0 Å². The standard InChI is InChI=1S/C19H23N3O5/c23-17(12-22-14-4-1-2-5-15(14)27-13-18(22)24)20-7-9-21(10-8-20)19(25)16-6-3-11-26-16/h1-2,4-5,16H,3,6-13H2. The van der Waals surface area contributed by atoms with Gasteiger partial charge in [-0.3, -0.25) is 19.3 Å². The predicted molar refractivity (Wildman–Crippen MR) is 96.4 cm³/mol. The summed E-state index contributed by atoms with van der Waals surface area (Å²) in [6, 6.07) is 7.21. The number of carbonyl (C=O) groups excluding carboxylic acids is 3. The highest BCUT2D eigenvalue weighted by Gasteiger charge is 2.33. The smallest absolute Gasteiger partial charge is 0.265 e. The summed E-state index contributed by atoms with van der Waals surface area (Å²) in [4.78, 5) is 42.3. The Balaban J connectivity index is 1.35. The third-order valence-corrected chi connectivity index (χ3v) is 5.25. The van der Waals surface area contributed by atoms with Gasteiger partial charge in [0.1, 0.15) is 18.4 Å². The van der Waals surface area contributed by atoms with Crippen LogP contribution < -0.4 is 9.64 Å². The van der Waals surface area contributed by atoms with Crippen LogP contribution in [0.4, 0.5) is 5.69 Å². The number of carbonyl (C=O) groups is 3. The lowest BCUT2D eigenvalue weighted by Crippen LogP contribution is -2.55. The summed E-state index contributed by atoms with van der Waals surface area (Å²) in [7, 11) is 0. The van der Waals surface area contributed by atoms with Crippen molar-refractivity contribution in [2.24, 2.45) is 0 Å². The Hall–Kier alpha value is -2.61. The molecule has 2 saturated heterocycles. The van der Waals surface area contributed by atoms with E-state index in [0.717, 1.165) is 12.8 Å². The molecule has 4 rings (SSSR count). The molecule has 27 heavy (non-hydrogen) atoms. The molecule has 3 aliphatic heterocycles. The molecule has 0 aromatic heterocycles. The molecule has 3 heterocycles. The molecule has 0 bridgehead atoms. The van der Waals surface area contributed by atoms with Gasteiger partial charge < -0.3 is 19.3 Å². The van der Waals surface area contributed by atoms with Crippen LogP contribution in [0, 0.1) is 0 Å². The summed E-state index contributed by atoms with van der Waals surface area (Å²) < 4.78 is 10.9. The van der Waals surface area contributed by atoms with Gasteiger partial charge in [-0.1, -0.05) is 12.1 Å². The molecule has 1 aromatic rings. The first-order valence-corrected chi connectivity index (χ1v) is 9.34. The van der Waals surface area contributed by atoms with Gasteiger partial charge in [-0.15, -0.1) is 0 Å². The highest BCUT2D eigenvalue weighted by molar-refractivity contribution is 6.02. The molecule has 0 radical (unpaired) electrons. The lowest BCUT2D eigenvalue weighted by molar-refractivity contribution is -0.145. The molecule has 0 spiro atoms. The number of para-hydroxylation sites is 2. The fourth-order valence-corrected chi connectivity index (χ4v) is 3.71. The van der Waals surface area contributed by atoms with Crippen molar-refractivity contribution < 1.29 is 23.9 Å². The number of ether oxygens (including phenoxy) is 2. The Labute approximate surface area is 157 Å². The summed E-state index contributed by atoms with van der Waals surface area (Å²) in [5.74, 6) is 0.285. The van der Waals surface area contributed by atoms with E-state index in [2.05, 4.69) is 0 Å². The lowest BCUT2D eigenvalue weighted by Gasteiger charge is -2.37. The Kier molecular flexibility index (Phi) is 4.98. The largest absolute Gasteiger partial charge is 0.482 e. The highest BCUT2D eigenvalue weighted by atomic mass is 16.5. The quantitative estimate of drug-likeness (QED) is 0.760. The van der Waals surface area contributed by atoms with Gasteiger partial charge in [0.15, 0.2) is 6.61 Å². The van der Waals surface area contributed by atoms with Crippen LogP contribution in [-0.4, -0.2) is 79.6 Å². The Morgan fingerprint density at radius 3 is 2.56 bits per heavy atom. The fourth-order valence-electron chi connectivity index (χ4n) is 3.71. The molecular weight excluding hydrogens is 350 g/mol. The van der Waals surface area contributed by atoms with E-state index < -0.39 is 0 Å². The molecule has 3 aliphatic rings. The lowest BCUT2D eigenvalue weighted by atomic mass is 10.2. The van der Waals surface area contributed by atoms with Crippen molar-refractivity contribution in [1.29, 1.82) is 0 Å². The van der Waals surface area contributed by atoms with E-state index in [4.69, 9.17) is 9.47 Å². The van der Waals surface area contributed by atoms with Crippen molar-refractivity contribution in [3.05, 3.63) is 24.3 Å². The number of piperazine rings is 1. The van der Waals surface area contributed by atoms with Crippen LogP contribution in [-0.2, 0) is 19.1 Å². The van der Waals surface area contributed by atoms with Crippen LogP contribution in [0.5, 0.6) is 5.75 Å². The molecule has 0 N–H and O–H groups in total. The van der Waals surface area contributed by atoms with E-state index in [1.165, 1.54) is 4.90 Å². The molecule has 0 aliphatic carbocycles. The maximum Gasteiger partial charge on any atom is 0.265 e.